The molecule has 1 saturated heterocycles. The minimum absolute atomic E-state index is 0.551. The average Bonchev–Trinajstić information content (AvgIpc) is 2.48. The minimum atomic E-state index is 0.551. The Labute approximate surface area is 123 Å². The SMILES string of the molecule is CNC1CCOCC1CN(Cc1ccccc1)C(C)C. The van der Waals surface area contributed by atoms with Crippen LogP contribution in [0.2, 0.25) is 0 Å². The van der Waals surface area contributed by atoms with Gasteiger partial charge in [-0.2, -0.15) is 0 Å². The highest BCUT2D eigenvalue weighted by atomic mass is 16.5. The van der Waals surface area contributed by atoms with E-state index in [2.05, 4.69) is 61.4 Å². The lowest BCUT2D eigenvalue weighted by Gasteiger charge is -2.37. The van der Waals surface area contributed by atoms with E-state index < -0.39 is 0 Å². The molecule has 0 aromatic heterocycles. The summed E-state index contributed by atoms with van der Waals surface area (Å²) in [7, 11) is 2.07. The molecule has 1 N–H and O–H groups in total. The highest BCUT2D eigenvalue weighted by Crippen LogP contribution is 2.18. The Morgan fingerprint density at radius 2 is 2.05 bits per heavy atom. The Bertz CT molecular complexity index is 380. The van der Waals surface area contributed by atoms with Gasteiger partial charge in [-0.3, -0.25) is 4.90 Å². The summed E-state index contributed by atoms with van der Waals surface area (Å²) in [6, 6.07) is 11.9. The lowest BCUT2D eigenvalue weighted by Crippen LogP contribution is -2.47. The molecular weight excluding hydrogens is 248 g/mol. The Balaban J connectivity index is 1.98. The standard InChI is InChI=1S/C17H28N2O/c1-14(2)19(11-15-7-5-4-6-8-15)12-16-13-20-10-9-17(16)18-3/h4-8,14,16-18H,9-13H2,1-3H3. The lowest BCUT2D eigenvalue weighted by molar-refractivity contribution is 0.0124. The van der Waals surface area contributed by atoms with Gasteiger partial charge in [-0.15, -0.1) is 0 Å². The molecule has 2 unspecified atom stereocenters. The Hall–Kier alpha value is -0.900. The summed E-state index contributed by atoms with van der Waals surface area (Å²) in [6.45, 7) is 8.44. The predicted octanol–water partition coefficient (Wildman–Crippen LogP) is 2.52. The molecule has 112 valence electrons. The molecule has 1 fully saturated rings. The third-order valence-corrected chi connectivity index (χ3v) is 4.27. The van der Waals surface area contributed by atoms with E-state index in [9.17, 15) is 0 Å². The molecule has 2 atom stereocenters. The van der Waals surface area contributed by atoms with Gasteiger partial charge < -0.3 is 10.1 Å². The van der Waals surface area contributed by atoms with Gasteiger partial charge in [0.1, 0.15) is 0 Å². The molecule has 0 radical (unpaired) electrons. The van der Waals surface area contributed by atoms with Crippen LogP contribution in [0.25, 0.3) is 0 Å². The maximum absolute atomic E-state index is 5.68. The maximum atomic E-state index is 5.68. The molecule has 1 aliphatic rings. The van der Waals surface area contributed by atoms with Gasteiger partial charge >= 0.3 is 0 Å². The van der Waals surface area contributed by atoms with E-state index in [1.54, 1.807) is 0 Å². The first kappa shape index (κ1) is 15.5. The molecule has 3 heteroatoms. The van der Waals surface area contributed by atoms with Crippen molar-refractivity contribution in [2.75, 3.05) is 26.8 Å². The Morgan fingerprint density at radius 3 is 2.70 bits per heavy atom. The summed E-state index contributed by atoms with van der Waals surface area (Å²) in [4.78, 5) is 2.55. The number of hydrogen-bond acceptors (Lipinski definition) is 3. The first-order valence-electron chi connectivity index (χ1n) is 7.73. The smallest absolute Gasteiger partial charge is 0.0521 e. The number of benzene rings is 1. The molecule has 0 spiro atoms. The van der Waals surface area contributed by atoms with Crippen LogP contribution in [0.15, 0.2) is 30.3 Å². The second-order valence-electron chi connectivity index (χ2n) is 6.03. The molecule has 20 heavy (non-hydrogen) atoms. The van der Waals surface area contributed by atoms with Crippen LogP contribution in [0, 0.1) is 5.92 Å². The first-order chi connectivity index (χ1) is 9.70. The molecule has 0 amide bonds. The number of nitrogens with zero attached hydrogens (tertiary/aromatic N) is 1. The van der Waals surface area contributed by atoms with E-state index in [-0.39, 0.29) is 0 Å². The third kappa shape index (κ3) is 4.30. The van der Waals surface area contributed by atoms with E-state index >= 15 is 0 Å². The van der Waals surface area contributed by atoms with Crippen molar-refractivity contribution in [3.8, 4) is 0 Å². The average molecular weight is 276 g/mol. The van der Waals surface area contributed by atoms with Crippen LogP contribution >= 0.6 is 0 Å². The van der Waals surface area contributed by atoms with E-state index in [0.717, 1.165) is 32.7 Å². The molecule has 0 aliphatic carbocycles. The highest BCUT2D eigenvalue weighted by Gasteiger charge is 2.27. The fourth-order valence-corrected chi connectivity index (χ4v) is 2.93. The van der Waals surface area contributed by atoms with Crippen LogP contribution in [0.1, 0.15) is 25.8 Å². The van der Waals surface area contributed by atoms with Crippen LogP contribution in [0.4, 0.5) is 0 Å². The lowest BCUT2D eigenvalue weighted by atomic mass is 9.94. The zero-order valence-electron chi connectivity index (χ0n) is 13.0. The number of nitrogens with one attached hydrogen (secondary N) is 1. The van der Waals surface area contributed by atoms with Crippen LogP contribution < -0.4 is 5.32 Å². The van der Waals surface area contributed by atoms with Crippen LogP contribution in [0.3, 0.4) is 0 Å². The van der Waals surface area contributed by atoms with Gasteiger partial charge in [0.05, 0.1) is 6.61 Å². The van der Waals surface area contributed by atoms with Crippen molar-refractivity contribution in [3.63, 3.8) is 0 Å². The van der Waals surface area contributed by atoms with Crippen molar-refractivity contribution < 1.29 is 4.74 Å². The van der Waals surface area contributed by atoms with Crippen molar-refractivity contribution >= 4 is 0 Å². The van der Waals surface area contributed by atoms with Gasteiger partial charge in [0.15, 0.2) is 0 Å². The molecular formula is C17H28N2O. The molecule has 1 heterocycles. The number of rotatable bonds is 6. The molecule has 1 aliphatic heterocycles. The summed E-state index contributed by atoms with van der Waals surface area (Å²) in [5, 5.41) is 3.46. The molecule has 1 aromatic rings. The first-order valence-corrected chi connectivity index (χ1v) is 7.73. The summed E-state index contributed by atoms with van der Waals surface area (Å²) in [6.07, 6.45) is 1.12. The third-order valence-electron chi connectivity index (χ3n) is 4.27. The second-order valence-corrected chi connectivity index (χ2v) is 6.03. The Morgan fingerprint density at radius 1 is 1.30 bits per heavy atom. The zero-order valence-corrected chi connectivity index (χ0v) is 13.0. The van der Waals surface area contributed by atoms with Crippen LogP contribution in [-0.2, 0) is 11.3 Å². The van der Waals surface area contributed by atoms with Crippen molar-refractivity contribution in [1.29, 1.82) is 0 Å². The topological polar surface area (TPSA) is 24.5 Å². The van der Waals surface area contributed by atoms with E-state index in [1.165, 1.54) is 5.56 Å². The Kier molecular flexibility index (Phi) is 6.02. The second kappa shape index (κ2) is 7.77. The van der Waals surface area contributed by atoms with Gasteiger partial charge in [-0.25, -0.2) is 0 Å². The quantitative estimate of drug-likeness (QED) is 0.864. The molecule has 2 rings (SSSR count). The summed E-state index contributed by atoms with van der Waals surface area (Å²) < 4.78 is 5.68. The summed E-state index contributed by atoms with van der Waals surface area (Å²) >= 11 is 0. The summed E-state index contributed by atoms with van der Waals surface area (Å²) in [5.41, 5.74) is 1.39. The molecule has 1 aromatic carbocycles. The van der Waals surface area contributed by atoms with E-state index in [0.29, 0.717) is 18.0 Å². The van der Waals surface area contributed by atoms with E-state index in [4.69, 9.17) is 4.74 Å². The van der Waals surface area contributed by atoms with E-state index in [1.807, 2.05) is 0 Å². The zero-order chi connectivity index (χ0) is 14.4. The number of hydrogen-bond donors (Lipinski definition) is 1. The van der Waals surface area contributed by atoms with Gasteiger partial charge in [0.2, 0.25) is 0 Å². The van der Waals surface area contributed by atoms with Crippen molar-refractivity contribution in [2.45, 2.75) is 38.9 Å². The predicted molar refractivity (Wildman–Crippen MR) is 83.8 cm³/mol. The van der Waals surface area contributed by atoms with Gasteiger partial charge in [0.25, 0.3) is 0 Å². The van der Waals surface area contributed by atoms with Crippen molar-refractivity contribution in [2.24, 2.45) is 5.92 Å². The molecule has 3 nitrogen and oxygen atoms in total. The van der Waals surface area contributed by atoms with Gasteiger partial charge in [-0.05, 0) is 32.9 Å². The van der Waals surface area contributed by atoms with Crippen LogP contribution in [0.5, 0.6) is 0 Å². The highest BCUT2D eigenvalue weighted by molar-refractivity contribution is 5.14. The van der Waals surface area contributed by atoms with Gasteiger partial charge in [-0.1, -0.05) is 30.3 Å². The largest absolute Gasteiger partial charge is 0.381 e. The summed E-state index contributed by atoms with van der Waals surface area (Å²) in [5.74, 6) is 0.583. The van der Waals surface area contributed by atoms with Gasteiger partial charge in [0, 0.05) is 37.7 Å². The number of ether oxygens (including phenoxy) is 1. The fourth-order valence-electron chi connectivity index (χ4n) is 2.93. The molecule has 0 saturated carbocycles. The van der Waals surface area contributed by atoms with Crippen LogP contribution in [-0.4, -0.2) is 43.8 Å². The minimum Gasteiger partial charge on any atom is -0.381 e. The maximum Gasteiger partial charge on any atom is 0.0521 e. The monoisotopic (exact) mass is 276 g/mol. The molecule has 0 bridgehead atoms. The fraction of sp³-hybridized carbons (Fsp3) is 0.647. The van der Waals surface area contributed by atoms with Crippen molar-refractivity contribution in [3.05, 3.63) is 35.9 Å². The van der Waals surface area contributed by atoms with Crippen molar-refractivity contribution in [1.82, 2.24) is 10.2 Å². The normalized spacial score (nSPS) is 23.4.